The maximum absolute atomic E-state index is 13.0. The van der Waals surface area contributed by atoms with E-state index in [9.17, 15) is 21.6 Å². The van der Waals surface area contributed by atoms with E-state index in [2.05, 4.69) is 10.2 Å². The molecule has 0 atom stereocenters. The minimum Gasteiger partial charge on any atom is -0.243 e. The highest BCUT2D eigenvalue weighted by Gasteiger charge is 2.39. The van der Waals surface area contributed by atoms with Crippen molar-refractivity contribution in [1.29, 1.82) is 0 Å². The summed E-state index contributed by atoms with van der Waals surface area (Å²) in [7, 11) is -3.37. The SMILES string of the molecule is CN(c1nncs1)S(=O)(=O)c1cc(Cl)ccc1C(F)(F)F. The molecule has 0 aliphatic heterocycles. The molecule has 2 aromatic rings. The van der Waals surface area contributed by atoms with E-state index < -0.39 is 26.7 Å². The van der Waals surface area contributed by atoms with E-state index in [4.69, 9.17) is 11.6 Å². The molecule has 0 radical (unpaired) electrons. The summed E-state index contributed by atoms with van der Waals surface area (Å²) < 4.78 is 64.2. The number of benzene rings is 1. The molecule has 0 bridgehead atoms. The summed E-state index contributed by atoms with van der Waals surface area (Å²) in [4.78, 5) is -0.930. The Balaban J connectivity index is 2.62. The van der Waals surface area contributed by atoms with Crippen molar-refractivity contribution in [3.63, 3.8) is 0 Å². The Morgan fingerprint density at radius 2 is 2.00 bits per heavy atom. The van der Waals surface area contributed by atoms with Crippen LogP contribution < -0.4 is 4.31 Å². The number of rotatable bonds is 3. The normalized spacial score (nSPS) is 12.4. The lowest BCUT2D eigenvalue weighted by Gasteiger charge is -2.19. The molecule has 1 aromatic carbocycles. The zero-order valence-corrected chi connectivity index (χ0v) is 12.7. The molecule has 0 unspecified atom stereocenters. The summed E-state index contributed by atoms with van der Waals surface area (Å²) in [5.74, 6) is 0. The fraction of sp³-hybridized carbons (Fsp3) is 0.200. The summed E-state index contributed by atoms with van der Waals surface area (Å²) in [6.45, 7) is 0. The smallest absolute Gasteiger partial charge is 0.243 e. The van der Waals surface area contributed by atoms with Crippen molar-refractivity contribution in [2.45, 2.75) is 11.1 Å². The Labute approximate surface area is 127 Å². The molecular formula is C10H7ClF3N3O2S2. The van der Waals surface area contributed by atoms with Crippen LogP contribution in [0, 0.1) is 0 Å². The van der Waals surface area contributed by atoms with E-state index in [-0.39, 0.29) is 10.2 Å². The molecule has 2 rings (SSSR count). The minimum atomic E-state index is -4.82. The molecule has 0 fully saturated rings. The van der Waals surface area contributed by atoms with Crippen LogP contribution in [0.1, 0.15) is 5.56 Å². The number of sulfonamides is 1. The van der Waals surface area contributed by atoms with Gasteiger partial charge in [-0.25, -0.2) is 12.7 Å². The fourth-order valence-corrected chi connectivity index (χ4v) is 3.86. The van der Waals surface area contributed by atoms with E-state index in [1.807, 2.05) is 0 Å². The number of hydrogen-bond acceptors (Lipinski definition) is 5. The first kappa shape index (κ1) is 16.0. The summed E-state index contributed by atoms with van der Waals surface area (Å²) >= 11 is 6.51. The highest BCUT2D eigenvalue weighted by Crippen LogP contribution is 2.37. The molecule has 21 heavy (non-hydrogen) atoms. The van der Waals surface area contributed by atoms with Gasteiger partial charge in [-0.2, -0.15) is 13.2 Å². The molecule has 0 aliphatic carbocycles. The summed E-state index contributed by atoms with van der Waals surface area (Å²) in [5.41, 5.74) is -0.0208. The first-order valence-corrected chi connectivity index (χ1v) is 7.95. The highest BCUT2D eigenvalue weighted by atomic mass is 35.5. The Hall–Kier alpha value is -1.39. The standard InChI is InChI=1S/C10H7ClF3N3O2S2/c1-17(9-16-15-5-20-9)21(18,19)8-4-6(11)2-3-7(8)10(12,13)14/h2-5H,1H3. The molecule has 0 saturated heterocycles. The lowest BCUT2D eigenvalue weighted by molar-refractivity contribution is -0.139. The van der Waals surface area contributed by atoms with Crippen LogP contribution in [0.2, 0.25) is 5.02 Å². The Kier molecular flexibility index (Phi) is 4.13. The quantitative estimate of drug-likeness (QED) is 0.847. The van der Waals surface area contributed by atoms with Gasteiger partial charge < -0.3 is 0 Å². The van der Waals surface area contributed by atoms with Crippen molar-refractivity contribution in [2.75, 3.05) is 11.4 Å². The summed E-state index contributed by atoms with van der Waals surface area (Å²) in [6, 6.07) is 2.37. The van der Waals surface area contributed by atoms with Gasteiger partial charge in [0, 0.05) is 12.1 Å². The highest BCUT2D eigenvalue weighted by molar-refractivity contribution is 7.93. The summed E-state index contributed by atoms with van der Waals surface area (Å²) in [6.07, 6.45) is -4.82. The predicted octanol–water partition coefficient (Wildman–Crippen LogP) is 3.04. The van der Waals surface area contributed by atoms with Crippen molar-refractivity contribution in [3.8, 4) is 0 Å². The second-order valence-electron chi connectivity index (χ2n) is 3.83. The van der Waals surface area contributed by atoms with E-state index in [1.54, 1.807) is 0 Å². The molecule has 0 N–H and O–H groups in total. The predicted molar refractivity (Wildman–Crippen MR) is 72.0 cm³/mol. The molecule has 1 aromatic heterocycles. The number of aromatic nitrogens is 2. The van der Waals surface area contributed by atoms with Crippen molar-refractivity contribution in [2.24, 2.45) is 0 Å². The van der Waals surface area contributed by atoms with Crippen LogP contribution >= 0.6 is 22.9 Å². The molecule has 0 amide bonds. The molecule has 5 nitrogen and oxygen atoms in total. The van der Waals surface area contributed by atoms with Crippen molar-refractivity contribution < 1.29 is 21.6 Å². The van der Waals surface area contributed by atoms with E-state index in [0.717, 1.165) is 30.5 Å². The molecular weight excluding hydrogens is 351 g/mol. The number of anilines is 1. The van der Waals surface area contributed by atoms with Gasteiger partial charge in [0.05, 0.1) is 5.56 Å². The number of nitrogens with zero attached hydrogens (tertiary/aromatic N) is 3. The second kappa shape index (κ2) is 5.43. The first-order valence-electron chi connectivity index (χ1n) is 5.26. The second-order valence-corrected chi connectivity index (χ2v) is 7.02. The first-order chi connectivity index (χ1) is 9.64. The molecule has 0 saturated carbocycles. The van der Waals surface area contributed by atoms with Crippen molar-refractivity contribution >= 4 is 38.1 Å². The third kappa shape index (κ3) is 3.11. The average Bonchev–Trinajstić information content (AvgIpc) is 2.89. The van der Waals surface area contributed by atoms with Crippen molar-refractivity contribution in [1.82, 2.24) is 10.2 Å². The number of alkyl halides is 3. The molecule has 0 spiro atoms. The van der Waals surface area contributed by atoms with Gasteiger partial charge in [-0.05, 0) is 18.2 Å². The van der Waals surface area contributed by atoms with Gasteiger partial charge in [-0.1, -0.05) is 22.9 Å². The maximum Gasteiger partial charge on any atom is 0.417 e. The van der Waals surface area contributed by atoms with Crippen LogP contribution in [0.4, 0.5) is 18.3 Å². The van der Waals surface area contributed by atoms with Gasteiger partial charge in [0.25, 0.3) is 10.0 Å². The molecule has 0 aliphatic rings. The average molecular weight is 358 g/mol. The van der Waals surface area contributed by atoms with Crippen LogP contribution in [0.5, 0.6) is 0 Å². The zero-order chi connectivity index (χ0) is 15.8. The van der Waals surface area contributed by atoms with Crippen LogP contribution in [0.25, 0.3) is 0 Å². The molecule has 114 valence electrons. The van der Waals surface area contributed by atoms with Gasteiger partial charge in [-0.15, -0.1) is 10.2 Å². The van der Waals surface area contributed by atoms with Gasteiger partial charge in [-0.3, -0.25) is 0 Å². The third-order valence-electron chi connectivity index (χ3n) is 2.51. The summed E-state index contributed by atoms with van der Waals surface area (Å²) in [5, 5.41) is 6.81. The maximum atomic E-state index is 13.0. The van der Waals surface area contributed by atoms with Crippen molar-refractivity contribution in [3.05, 3.63) is 34.3 Å². The Morgan fingerprint density at radius 3 is 2.52 bits per heavy atom. The van der Waals surface area contributed by atoms with Gasteiger partial charge in [0.2, 0.25) is 5.13 Å². The van der Waals surface area contributed by atoms with E-state index in [0.29, 0.717) is 10.4 Å². The largest absolute Gasteiger partial charge is 0.417 e. The lowest BCUT2D eigenvalue weighted by Crippen LogP contribution is -2.28. The Bertz CT molecular complexity index is 747. The lowest BCUT2D eigenvalue weighted by atomic mass is 10.2. The number of hydrogen-bond donors (Lipinski definition) is 0. The van der Waals surface area contributed by atoms with E-state index in [1.165, 1.54) is 5.51 Å². The van der Waals surface area contributed by atoms with E-state index >= 15 is 0 Å². The number of halogens is 4. The van der Waals surface area contributed by atoms with Gasteiger partial charge in [0.1, 0.15) is 10.4 Å². The fourth-order valence-electron chi connectivity index (χ4n) is 1.50. The van der Waals surface area contributed by atoms with Gasteiger partial charge >= 0.3 is 6.18 Å². The van der Waals surface area contributed by atoms with Crippen LogP contribution in [-0.2, 0) is 16.2 Å². The van der Waals surface area contributed by atoms with Crippen LogP contribution in [-0.4, -0.2) is 25.7 Å². The van der Waals surface area contributed by atoms with Gasteiger partial charge in [0.15, 0.2) is 0 Å². The third-order valence-corrected chi connectivity index (χ3v) is 5.41. The molecule has 11 heteroatoms. The van der Waals surface area contributed by atoms with Crippen LogP contribution in [0.15, 0.2) is 28.6 Å². The van der Waals surface area contributed by atoms with Crippen LogP contribution in [0.3, 0.4) is 0 Å². The topological polar surface area (TPSA) is 63.2 Å². The zero-order valence-electron chi connectivity index (χ0n) is 10.3. The minimum absolute atomic E-state index is 0.0527. The monoisotopic (exact) mass is 357 g/mol. The Morgan fingerprint density at radius 1 is 1.33 bits per heavy atom. The molecule has 1 heterocycles.